The highest BCUT2D eigenvalue weighted by Crippen LogP contribution is 2.38. The summed E-state index contributed by atoms with van der Waals surface area (Å²) in [5.41, 5.74) is 3.27. The summed E-state index contributed by atoms with van der Waals surface area (Å²) in [7, 11) is 1.58. The number of ether oxygens (including phenoxy) is 4. The zero-order valence-electron chi connectivity index (χ0n) is 18.1. The van der Waals surface area contributed by atoms with E-state index in [9.17, 15) is 4.79 Å². The van der Waals surface area contributed by atoms with Crippen molar-refractivity contribution in [2.45, 2.75) is 38.6 Å². The first-order valence-electron chi connectivity index (χ1n) is 10.8. The van der Waals surface area contributed by atoms with E-state index in [4.69, 9.17) is 30.5 Å². The molecule has 0 atom stereocenters. The second-order valence-corrected chi connectivity index (χ2v) is 8.45. The molecule has 1 fully saturated rings. The summed E-state index contributed by atoms with van der Waals surface area (Å²) < 4.78 is 22.4. The number of aromatic nitrogens is 2. The van der Waals surface area contributed by atoms with Gasteiger partial charge in [-0.2, -0.15) is 0 Å². The van der Waals surface area contributed by atoms with E-state index in [0.717, 1.165) is 46.6 Å². The maximum Gasteiger partial charge on any atom is 0.515 e. The van der Waals surface area contributed by atoms with Crippen molar-refractivity contribution in [1.82, 2.24) is 9.97 Å². The molecule has 33 heavy (non-hydrogen) atoms. The summed E-state index contributed by atoms with van der Waals surface area (Å²) in [5, 5.41) is 2.35. The van der Waals surface area contributed by atoms with Crippen molar-refractivity contribution in [3.05, 3.63) is 64.8 Å². The third kappa shape index (κ3) is 4.47. The fourth-order valence-electron chi connectivity index (χ4n) is 3.96. The Bertz CT molecular complexity index is 1320. The molecule has 0 aliphatic heterocycles. The molecule has 7 nitrogen and oxygen atoms in total. The van der Waals surface area contributed by atoms with Crippen molar-refractivity contribution < 1.29 is 23.7 Å². The Hall–Kier alpha value is -3.29. The molecule has 0 bridgehead atoms. The summed E-state index contributed by atoms with van der Waals surface area (Å²) in [5.74, 6) is 0.851. The number of fused-ring (bicyclic) bond motifs is 3. The van der Waals surface area contributed by atoms with Crippen molar-refractivity contribution >= 4 is 39.6 Å². The van der Waals surface area contributed by atoms with Crippen LogP contribution in [0.4, 0.5) is 4.79 Å². The number of benzene rings is 2. The van der Waals surface area contributed by atoms with Crippen LogP contribution in [0.5, 0.6) is 11.6 Å². The molecule has 0 unspecified atom stereocenters. The lowest BCUT2D eigenvalue weighted by Crippen LogP contribution is -2.27. The number of carbonyl (C=O) groups excluding carboxylic acids is 1. The molecule has 0 saturated heterocycles. The zero-order valence-corrected chi connectivity index (χ0v) is 18.9. The van der Waals surface area contributed by atoms with Gasteiger partial charge in [0.25, 0.3) is 0 Å². The first kappa shape index (κ1) is 21.6. The Balaban J connectivity index is 1.53. The van der Waals surface area contributed by atoms with E-state index in [-0.39, 0.29) is 18.6 Å². The average molecular weight is 467 g/mol. The minimum atomic E-state index is -0.749. The SMILES string of the molecule is COCc1c(OC(=O)OC2CCC2)ncc2[nH]c3cccc(OCc4cccc(Cl)c4)c3c12. The van der Waals surface area contributed by atoms with Gasteiger partial charge in [0.2, 0.25) is 5.88 Å². The first-order chi connectivity index (χ1) is 16.1. The molecule has 0 amide bonds. The second-order valence-electron chi connectivity index (χ2n) is 8.01. The monoisotopic (exact) mass is 466 g/mol. The maximum absolute atomic E-state index is 12.3. The van der Waals surface area contributed by atoms with Gasteiger partial charge < -0.3 is 23.9 Å². The van der Waals surface area contributed by atoms with Crippen LogP contribution in [-0.4, -0.2) is 29.3 Å². The van der Waals surface area contributed by atoms with Gasteiger partial charge in [-0.15, -0.1) is 0 Å². The fraction of sp³-hybridized carbons (Fsp3) is 0.280. The van der Waals surface area contributed by atoms with Crippen molar-refractivity contribution in [3.8, 4) is 11.6 Å². The summed E-state index contributed by atoms with van der Waals surface area (Å²) in [4.78, 5) is 20.0. The average Bonchev–Trinajstić information content (AvgIpc) is 3.16. The summed E-state index contributed by atoms with van der Waals surface area (Å²) >= 11 is 6.11. The number of nitrogens with zero attached hydrogens (tertiary/aromatic N) is 1. The molecule has 8 heteroatoms. The van der Waals surface area contributed by atoms with Crippen molar-refractivity contribution in [3.63, 3.8) is 0 Å². The number of halogens is 1. The molecule has 170 valence electrons. The molecule has 1 N–H and O–H groups in total. The lowest BCUT2D eigenvalue weighted by atomic mass is 9.96. The van der Waals surface area contributed by atoms with Gasteiger partial charge in [-0.3, -0.25) is 0 Å². The summed E-state index contributed by atoms with van der Waals surface area (Å²) in [6.07, 6.45) is 3.60. The van der Waals surface area contributed by atoms with E-state index in [2.05, 4.69) is 9.97 Å². The number of methoxy groups -OCH3 is 1. The van der Waals surface area contributed by atoms with Gasteiger partial charge in [-0.25, -0.2) is 9.78 Å². The Morgan fingerprint density at radius 2 is 1.97 bits per heavy atom. The number of H-pyrrole nitrogens is 1. The number of hydrogen-bond donors (Lipinski definition) is 1. The predicted octanol–water partition coefficient (Wildman–Crippen LogP) is 6.16. The van der Waals surface area contributed by atoms with Crippen molar-refractivity contribution in [2.24, 2.45) is 0 Å². The van der Waals surface area contributed by atoms with Crippen molar-refractivity contribution in [1.29, 1.82) is 0 Å². The Labute approximate surface area is 195 Å². The Morgan fingerprint density at radius 1 is 1.12 bits per heavy atom. The van der Waals surface area contributed by atoms with Crippen LogP contribution >= 0.6 is 11.6 Å². The zero-order chi connectivity index (χ0) is 22.8. The van der Waals surface area contributed by atoms with Gasteiger partial charge in [0.1, 0.15) is 18.5 Å². The van der Waals surface area contributed by atoms with Gasteiger partial charge >= 0.3 is 6.16 Å². The smallest absolute Gasteiger partial charge is 0.488 e. The predicted molar refractivity (Wildman–Crippen MR) is 125 cm³/mol. The van der Waals surface area contributed by atoms with Crippen LogP contribution in [0.3, 0.4) is 0 Å². The minimum absolute atomic E-state index is 0.0771. The third-order valence-corrected chi connectivity index (χ3v) is 5.99. The Morgan fingerprint density at radius 3 is 2.73 bits per heavy atom. The van der Waals surface area contributed by atoms with Gasteiger partial charge in [0.05, 0.1) is 29.4 Å². The maximum atomic E-state index is 12.3. The number of rotatable bonds is 7. The van der Waals surface area contributed by atoms with Gasteiger partial charge in [0.15, 0.2) is 0 Å². The second kappa shape index (κ2) is 9.29. The number of pyridine rings is 1. The lowest BCUT2D eigenvalue weighted by Gasteiger charge is -2.24. The first-order valence-corrected chi connectivity index (χ1v) is 11.2. The van der Waals surface area contributed by atoms with E-state index in [1.54, 1.807) is 13.3 Å². The topological polar surface area (TPSA) is 82.7 Å². The molecular formula is C25H23ClN2O5. The van der Waals surface area contributed by atoms with Crippen LogP contribution in [0.2, 0.25) is 5.02 Å². The molecule has 4 aromatic rings. The van der Waals surface area contributed by atoms with Crippen LogP contribution in [0.1, 0.15) is 30.4 Å². The van der Waals surface area contributed by atoms with Crippen LogP contribution in [0, 0.1) is 0 Å². The highest BCUT2D eigenvalue weighted by molar-refractivity contribution is 6.30. The largest absolute Gasteiger partial charge is 0.515 e. The number of nitrogens with one attached hydrogen (secondary N) is 1. The van der Waals surface area contributed by atoms with Crippen LogP contribution in [-0.2, 0) is 22.7 Å². The molecule has 0 radical (unpaired) electrons. The minimum Gasteiger partial charge on any atom is -0.488 e. The summed E-state index contributed by atoms with van der Waals surface area (Å²) in [6.45, 7) is 0.556. The van der Waals surface area contributed by atoms with Gasteiger partial charge in [-0.05, 0) is 49.1 Å². The molecule has 1 aliphatic carbocycles. The van der Waals surface area contributed by atoms with E-state index >= 15 is 0 Å². The van der Waals surface area contributed by atoms with Crippen LogP contribution in [0.15, 0.2) is 48.7 Å². The lowest BCUT2D eigenvalue weighted by molar-refractivity contribution is 0.0214. The number of aromatic amines is 1. The molecule has 1 saturated carbocycles. The Kier molecular flexibility index (Phi) is 6.07. The van der Waals surface area contributed by atoms with Crippen molar-refractivity contribution in [2.75, 3.05) is 7.11 Å². The normalized spacial score (nSPS) is 13.8. The quantitative estimate of drug-likeness (QED) is 0.328. The molecule has 2 aromatic heterocycles. The summed E-state index contributed by atoms with van der Waals surface area (Å²) in [6, 6.07) is 13.3. The molecule has 1 aliphatic rings. The molecule has 5 rings (SSSR count). The van der Waals surface area contributed by atoms with Gasteiger partial charge in [-0.1, -0.05) is 29.8 Å². The van der Waals surface area contributed by atoms with Crippen LogP contribution < -0.4 is 9.47 Å². The third-order valence-electron chi connectivity index (χ3n) is 5.75. The standard InChI is InChI=1S/C25H23ClN2O5/c1-30-14-18-22-20(12-27-24(18)33-25(29)32-17-7-3-8-17)28-19-9-4-10-21(23(19)22)31-13-15-5-2-6-16(26)11-15/h2,4-6,9-12,17,28H,3,7-8,13-14H2,1H3. The fourth-order valence-corrected chi connectivity index (χ4v) is 4.17. The highest BCUT2D eigenvalue weighted by Gasteiger charge is 2.25. The number of carbonyl (C=O) groups is 1. The van der Waals surface area contributed by atoms with E-state index in [0.29, 0.717) is 22.9 Å². The number of hydrogen-bond acceptors (Lipinski definition) is 6. The van der Waals surface area contributed by atoms with Gasteiger partial charge in [0, 0.05) is 22.9 Å². The van der Waals surface area contributed by atoms with Crippen LogP contribution in [0.25, 0.3) is 21.8 Å². The molecule has 2 heterocycles. The van der Waals surface area contributed by atoms with E-state index < -0.39 is 6.16 Å². The molecule has 0 spiro atoms. The van der Waals surface area contributed by atoms with E-state index in [1.807, 2.05) is 42.5 Å². The molecule has 2 aromatic carbocycles. The molecular weight excluding hydrogens is 444 g/mol. The highest BCUT2D eigenvalue weighted by atomic mass is 35.5. The van der Waals surface area contributed by atoms with E-state index in [1.165, 1.54) is 0 Å².